The van der Waals surface area contributed by atoms with E-state index in [1.54, 1.807) is 6.21 Å². The highest BCUT2D eigenvalue weighted by Crippen LogP contribution is 2.25. The van der Waals surface area contributed by atoms with Gasteiger partial charge in [0.2, 0.25) is 5.91 Å². The molecule has 0 aliphatic heterocycles. The fourth-order valence-corrected chi connectivity index (χ4v) is 3.54. The van der Waals surface area contributed by atoms with Crippen molar-refractivity contribution >= 4 is 39.7 Å². The molecule has 2 aromatic carbocycles. The predicted octanol–water partition coefficient (Wildman–Crippen LogP) is 5.51. The summed E-state index contributed by atoms with van der Waals surface area (Å²) in [5.74, 6) is -0.155. The minimum atomic E-state index is -0.155. The van der Waals surface area contributed by atoms with Crippen molar-refractivity contribution in [1.29, 1.82) is 0 Å². The van der Waals surface area contributed by atoms with Gasteiger partial charge in [-0.1, -0.05) is 45.7 Å². The molecule has 0 aliphatic carbocycles. The zero-order valence-electron chi connectivity index (χ0n) is 16.0. The summed E-state index contributed by atoms with van der Waals surface area (Å²) in [6.45, 7) is 6.12. The zero-order chi connectivity index (χ0) is 20.3. The number of aromatic nitrogens is 1. The van der Waals surface area contributed by atoms with E-state index in [9.17, 15) is 4.79 Å². The Labute approximate surface area is 178 Å². The Morgan fingerprint density at radius 1 is 1.14 bits per heavy atom. The SMILES string of the molecule is Cc1ccc(Cl)cc1-n1c(C)cc(/C=N\NC(=O)Cc2ccc(Br)cc2)c1C. The smallest absolute Gasteiger partial charge is 0.244 e. The molecule has 1 amide bonds. The molecule has 1 N–H and O–H groups in total. The Balaban J connectivity index is 1.73. The minimum absolute atomic E-state index is 0.155. The summed E-state index contributed by atoms with van der Waals surface area (Å²) in [5.41, 5.74) is 8.77. The minimum Gasteiger partial charge on any atom is -0.318 e. The monoisotopic (exact) mass is 457 g/mol. The second-order valence-electron chi connectivity index (χ2n) is 6.69. The van der Waals surface area contributed by atoms with Crippen LogP contribution in [0.1, 0.15) is 28.1 Å². The topological polar surface area (TPSA) is 46.4 Å². The van der Waals surface area contributed by atoms with Gasteiger partial charge in [-0.3, -0.25) is 4.79 Å². The highest BCUT2D eigenvalue weighted by atomic mass is 79.9. The molecule has 0 aliphatic rings. The number of halogens is 2. The van der Waals surface area contributed by atoms with Crippen LogP contribution < -0.4 is 5.43 Å². The van der Waals surface area contributed by atoms with Crippen LogP contribution in [0, 0.1) is 20.8 Å². The number of carbonyl (C=O) groups excluding carboxylic acids is 1. The Hall–Kier alpha value is -2.37. The van der Waals surface area contributed by atoms with E-state index in [1.807, 2.05) is 62.4 Å². The lowest BCUT2D eigenvalue weighted by molar-refractivity contribution is -0.120. The number of amides is 1. The van der Waals surface area contributed by atoms with Crippen LogP contribution in [0.15, 0.2) is 58.1 Å². The predicted molar refractivity (Wildman–Crippen MR) is 119 cm³/mol. The third-order valence-electron chi connectivity index (χ3n) is 4.55. The number of nitrogens with zero attached hydrogens (tertiary/aromatic N) is 2. The quantitative estimate of drug-likeness (QED) is 0.397. The largest absolute Gasteiger partial charge is 0.318 e. The van der Waals surface area contributed by atoms with Gasteiger partial charge in [0.25, 0.3) is 0 Å². The van der Waals surface area contributed by atoms with E-state index in [-0.39, 0.29) is 12.3 Å². The maximum atomic E-state index is 12.1. The van der Waals surface area contributed by atoms with Crippen molar-refractivity contribution in [3.63, 3.8) is 0 Å². The molecule has 6 heteroatoms. The molecule has 0 fully saturated rings. The summed E-state index contributed by atoms with van der Waals surface area (Å²) in [7, 11) is 0. The summed E-state index contributed by atoms with van der Waals surface area (Å²) in [6.07, 6.45) is 1.96. The molecule has 0 radical (unpaired) electrons. The number of benzene rings is 2. The van der Waals surface area contributed by atoms with Gasteiger partial charge in [0.15, 0.2) is 0 Å². The van der Waals surface area contributed by atoms with Crippen molar-refractivity contribution in [3.8, 4) is 5.69 Å². The van der Waals surface area contributed by atoms with Crippen LogP contribution in [0.25, 0.3) is 5.69 Å². The van der Waals surface area contributed by atoms with Gasteiger partial charge >= 0.3 is 0 Å². The molecule has 28 heavy (non-hydrogen) atoms. The van der Waals surface area contributed by atoms with Gasteiger partial charge in [0.05, 0.1) is 12.6 Å². The third-order valence-corrected chi connectivity index (χ3v) is 5.32. The first-order valence-corrected chi connectivity index (χ1v) is 10.0. The van der Waals surface area contributed by atoms with E-state index in [1.165, 1.54) is 0 Å². The van der Waals surface area contributed by atoms with E-state index < -0.39 is 0 Å². The highest BCUT2D eigenvalue weighted by molar-refractivity contribution is 9.10. The Morgan fingerprint density at radius 2 is 1.86 bits per heavy atom. The maximum absolute atomic E-state index is 12.1. The number of hydrogen-bond donors (Lipinski definition) is 1. The van der Waals surface area contributed by atoms with E-state index in [0.29, 0.717) is 5.02 Å². The maximum Gasteiger partial charge on any atom is 0.244 e. The Bertz CT molecular complexity index is 1040. The molecule has 0 unspecified atom stereocenters. The second kappa shape index (κ2) is 8.76. The lowest BCUT2D eigenvalue weighted by Crippen LogP contribution is -2.19. The lowest BCUT2D eigenvalue weighted by Gasteiger charge is -2.13. The second-order valence-corrected chi connectivity index (χ2v) is 8.04. The molecular weight excluding hydrogens is 438 g/mol. The summed E-state index contributed by atoms with van der Waals surface area (Å²) in [5, 5.41) is 4.83. The van der Waals surface area contributed by atoms with E-state index >= 15 is 0 Å². The van der Waals surface area contributed by atoms with Crippen molar-refractivity contribution in [1.82, 2.24) is 9.99 Å². The van der Waals surface area contributed by atoms with Crippen molar-refractivity contribution in [3.05, 3.63) is 86.1 Å². The van der Waals surface area contributed by atoms with Crippen LogP contribution in [0.2, 0.25) is 5.02 Å². The first-order valence-electron chi connectivity index (χ1n) is 8.87. The van der Waals surface area contributed by atoms with Gasteiger partial charge in [-0.2, -0.15) is 5.10 Å². The van der Waals surface area contributed by atoms with Crippen LogP contribution in [0.5, 0.6) is 0 Å². The molecule has 144 valence electrons. The third kappa shape index (κ3) is 4.72. The first kappa shape index (κ1) is 20.4. The van der Waals surface area contributed by atoms with Crippen molar-refractivity contribution in [2.45, 2.75) is 27.2 Å². The molecule has 1 heterocycles. The van der Waals surface area contributed by atoms with Crippen LogP contribution in [-0.2, 0) is 11.2 Å². The molecule has 3 rings (SSSR count). The van der Waals surface area contributed by atoms with Crippen LogP contribution in [0.3, 0.4) is 0 Å². The molecule has 0 saturated heterocycles. The average Bonchev–Trinajstić information content (AvgIpc) is 2.93. The van der Waals surface area contributed by atoms with E-state index in [0.717, 1.165) is 38.2 Å². The number of hydrazone groups is 1. The average molecular weight is 459 g/mol. The molecule has 0 spiro atoms. The normalized spacial score (nSPS) is 11.2. The van der Waals surface area contributed by atoms with Gasteiger partial charge in [-0.15, -0.1) is 0 Å². The molecule has 1 aromatic heterocycles. The van der Waals surface area contributed by atoms with Gasteiger partial charge in [-0.25, -0.2) is 5.43 Å². The van der Waals surface area contributed by atoms with Crippen molar-refractivity contribution in [2.75, 3.05) is 0 Å². The molecule has 0 atom stereocenters. The standard InChI is InChI=1S/C22H21BrClN3O/c1-14-4-9-20(24)12-21(14)27-15(2)10-18(16(27)3)13-25-26-22(28)11-17-5-7-19(23)8-6-17/h4-10,12-13H,11H2,1-3H3,(H,26,28)/b25-13-. The number of aryl methyl sites for hydroxylation is 2. The van der Waals surface area contributed by atoms with Crippen molar-refractivity contribution in [2.24, 2.45) is 5.10 Å². The van der Waals surface area contributed by atoms with E-state index in [2.05, 4.69) is 37.9 Å². The Morgan fingerprint density at radius 3 is 2.57 bits per heavy atom. The van der Waals surface area contributed by atoms with Crippen LogP contribution in [-0.4, -0.2) is 16.7 Å². The first-order chi connectivity index (χ1) is 13.3. The van der Waals surface area contributed by atoms with Gasteiger partial charge in [0, 0.05) is 32.1 Å². The molecule has 4 nitrogen and oxygen atoms in total. The summed E-state index contributed by atoms with van der Waals surface area (Å²) < 4.78 is 3.13. The van der Waals surface area contributed by atoms with Gasteiger partial charge < -0.3 is 4.57 Å². The Kier molecular flexibility index (Phi) is 6.37. The highest BCUT2D eigenvalue weighted by Gasteiger charge is 2.12. The van der Waals surface area contributed by atoms with E-state index in [4.69, 9.17) is 11.6 Å². The lowest BCUT2D eigenvalue weighted by atomic mass is 10.1. The molecule has 0 bridgehead atoms. The number of rotatable bonds is 5. The number of hydrogen-bond acceptors (Lipinski definition) is 2. The zero-order valence-corrected chi connectivity index (χ0v) is 18.3. The number of nitrogens with one attached hydrogen (secondary N) is 1. The molecular formula is C22H21BrClN3O. The van der Waals surface area contributed by atoms with Crippen molar-refractivity contribution < 1.29 is 4.79 Å². The summed E-state index contributed by atoms with van der Waals surface area (Å²) >= 11 is 9.57. The van der Waals surface area contributed by atoms with Crippen LogP contribution in [0.4, 0.5) is 0 Å². The molecule has 0 saturated carbocycles. The summed E-state index contributed by atoms with van der Waals surface area (Å²) in [4.78, 5) is 12.1. The van der Waals surface area contributed by atoms with Gasteiger partial charge in [-0.05, 0) is 62.2 Å². The summed E-state index contributed by atoms with van der Waals surface area (Å²) in [6, 6.07) is 15.5. The molecule has 3 aromatic rings. The van der Waals surface area contributed by atoms with Gasteiger partial charge in [0.1, 0.15) is 0 Å². The number of carbonyl (C=O) groups is 1. The fraction of sp³-hybridized carbons (Fsp3) is 0.182. The van der Waals surface area contributed by atoms with Crippen LogP contribution >= 0.6 is 27.5 Å². The fourth-order valence-electron chi connectivity index (χ4n) is 3.11.